The molecule has 0 bridgehead atoms. The van der Waals surface area contributed by atoms with E-state index in [2.05, 4.69) is 26.3 Å². The summed E-state index contributed by atoms with van der Waals surface area (Å²) in [6.07, 6.45) is 5.08. The van der Waals surface area contributed by atoms with Gasteiger partial charge in [0.2, 0.25) is 0 Å². The number of aryl methyl sites for hydroxylation is 2. The van der Waals surface area contributed by atoms with Gasteiger partial charge in [-0.15, -0.1) is 11.3 Å². The van der Waals surface area contributed by atoms with Crippen molar-refractivity contribution in [2.75, 3.05) is 12.4 Å². The summed E-state index contributed by atoms with van der Waals surface area (Å²) < 4.78 is 0. The van der Waals surface area contributed by atoms with Crippen molar-refractivity contribution in [3.63, 3.8) is 0 Å². The fraction of sp³-hybridized carbons (Fsp3) is 0.333. The van der Waals surface area contributed by atoms with E-state index in [1.807, 2.05) is 30.5 Å². The molecule has 0 spiro atoms. The van der Waals surface area contributed by atoms with Gasteiger partial charge in [-0.25, -0.2) is 9.97 Å². The van der Waals surface area contributed by atoms with Crippen LogP contribution in [0.1, 0.15) is 23.3 Å². The third-order valence-corrected chi connectivity index (χ3v) is 5.08. The Bertz CT molecular complexity index is 748. The normalized spacial score (nSPS) is 14.4. The van der Waals surface area contributed by atoms with Crippen LogP contribution in [0.4, 0.5) is 5.82 Å². The first-order chi connectivity index (χ1) is 9.83. The molecule has 4 rings (SSSR count). The minimum atomic E-state index is 0.776. The van der Waals surface area contributed by atoms with Crippen molar-refractivity contribution in [3.8, 4) is 10.7 Å². The lowest BCUT2D eigenvalue weighted by atomic mass is 9.99. The number of aromatic amines is 1. The third-order valence-electron chi connectivity index (χ3n) is 3.83. The second-order valence-electron chi connectivity index (χ2n) is 5.17. The number of hydrogen-bond donors (Lipinski definition) is 2. The molecule has 3 aromatic rings. The van der Waals surface area contributed by atoms with E-state index in [-0.39, 0.29) is 0 Å². The van der Waals surface area contributed by atoms with Gasteiger partial charge in [0, 0.05) is 11.9 Å². The molecule has 0 amide bonds. The minimum Gasteiger partial charge on any atom is -0.373 e. The van der Waals surface area contributed by atoms with Gasteiger partial charge in [0.1, 0.15) is 5.82 Å². The molecule has 4 nitrogen and oxygen atoms in total. The Balaban J connectivity index is 1.79. The van der Waals surface area contributed by atoms with Crippen LogP contribution in [0.15, 0.2) is 18.2 Å². The summed E-state index contributed by atoms with van der Waals surface area (Å²) in [5, 5.41) is 3.05. The zero-order chi connectivity index (χ0) is 13.5. The first kappa shape index (κ1) is 11.9. The number of rotatable bonds is 2. The van der Waals surface area contributed by atoms with Crippen LogP contribution >= 0.6 is 11.3 Å². The number of fused-ring (bicyclic) bond motifs is 2. The Morgan fingerprint density at radius 3 is 2.95 bits per heavy atom. The van der Waals surface area contributed by atoms with Crippen molar-refractivity contribution in [2.45, 2.75) is 25.7 Å². The summed E-state index contributed by atoms with van der Waals surface area (Å²) in [5.74, 6) is 1.79. The highest BCUT2D eigenvalue weighted by Crippen LogP contribution is 2.35. The number of H-pyrrole nitrogens is 1. The summed E-state index contributed by atoms with van der Waals surface area (Å²) >= 11 is 1.88. The topological polar surface area (TPSA) is 53.6 Å². The van der Waals surface area contributed by atoms with E-state index in [1.54, 1.807) is 0 Å². The van der Waals surface area contributed by atoms with Gasteiger partial charge in [-0.3, -0.25) is 0 Å². The number of nitrogens with one attached hydrogen (secondary N) is 2. The average Bonchev–Trinajstić information content (AvgIpc) is 3.09. The predicted octanol–water partition coefficient (Wildman–Crippen LogP) is 3.61. The van der Waals surface area contributed by atoms with Crippen molar-refractivity contribution >= 4 is 28.3 Å². The molecule has 1 aliphatic carbocycles. The number of anilines is 1. The number of pyridine rings is 1. The Hall–Kier alpha value is -1.88. The van der Waals surface area contributed by atoms with Crippen LogP contribution in [0.3, 0.4) is 0 Å². The Morgan fingerprint density at radius 2 is 2.10 bits per heavy atom. The van der Waals surface area contributed by atoms with E-state index < -0.39 is 0 Å². The molecule has 0 unspecified atom stereocenters. The largest absolute Gasteiger partial charge is 0.373 e. The lowest BCUT2D eigenvalue weighted by Gasteiger charge is -2.08. The lowest BCUT2D eigenvalue weighted by molar-refractivity contribution is 0.697. The van der Waals surface area contributed by atoms with Crippen molar-refractivity contribution in [3.05, 3.63) is 28.6 Å². The van der Waals surface area contributed by atoms with Crippen LogP contribution in [-0.4, -0.2) is 22.0 Å². The Kier molecular flexibility index (Phi) is 2.73. The number of nitrogens with zero attached hydrogens (tertiary/aromatic N) is 2. The smallest absolute Gasteiger partial charge is 0.180 e. The van der Waals surface area contributed by atoms with Gasteiger partial charge in [0.25, 0.3) is 0 Å². The molecule has 0 atom stereocenters. The summed E-state index contributed by atoms with van der Waals surface area (Å²) in [7, 11) is 1.87. The van der Waals surface area contributed by atoms with E-state index in [0.717, 1.165) is 22.8 Å². The van der Waals surface area contributed by atoms with Crippen LogP contribution in [0, 0.1) is 0 Å². The number of hydrogen-bond acceptors (Lipinski definition) is 4. The monoisotopic (exact) mass is 284 g/mol. The quantitative estimate of drug-likeness (QED) is 0.756. The summed E-state index contributed by atoms with van der Waals surface area (Å²) in [5.41, 5.74) is 3.28. The molecule has 3 heterocycles. The third kappa shape index (κ3) is 1.89. The maximum atomic E-state index is 4.64. The van der Waals surface area contributed by atoms with Crippen LogP contribution in [-0.2, 0) is 12.8 Å². The molecule has 1 aliphatic rings. The first-order valence-electron chi connectivity index (χ1n) is 7.00. The lowest BCUT2D eigenvalue weighted by Crippen LogP contribution is -1.96. The van der Waals surface area contributed by atoms with E-state index in [1.165, 1.54) is 41.0 Å². The summed E-state index contributed by atoms with van der Waals surface area (Å²) in [4.78, 5) is 15.3. The fourth-order valence-corrected chi connectivity index (χ4v) is 3.95. The molecule has 5 heteroatoms. The van der Waals surface area contributed by atoms with Gasteiger partial charge in [-0.2, -0.15) is 0 Å². The van der Waals surface area contributed by atoms with E-state index in [9.17, 15) is 0 Å². The van der Waals surface area contributed by atoms with E-state index >= 15 is 0 Å². The second kappa shape index (κ2) is 4.59. The molecule has 0 saturated heterocycles. The number of imidazole rings is 1. The standard InChI is InChI=1S/C15H16N4S/c1-16-13-7-6-10-14(18-13)19-15(17-10)12-8-9-4-2-3-5-11(9)20-12/h6-8H,2-5H2,1H3,(H2,16,17,18,19). The molecule has 0 fully saturated rings. The van der Waals surface area contributed by atoms with E-state index in [4.69, 9.17) is 0 Å². The van der Waals surface area contributed by atoms with Crippen LogP contribution in [0.5, 0.6) is 0 Å². The maximum Gasteiger partial charge on any atom is 0.180 e. The van der Waals surface area contributed by atoms with Gasteiger partial charge in [0.15, 0.2) is 11.5 Å². The van der Waals surface area contributed by atoms with Gasteiger partial charge in [-0.1, -0.05) is 0 Å². The molecular weight excluding hydrogens is 268 g/mol. The first-order valence-corrected chi connectivity index (χ1v) is 7.81. The van der Waals surface area contributed by atoms with Gasteiger partial charge >= 0.3 is 0 Å². The molecule has 2 N–H and O–H groups in total. The van der Waals surface area contributed by atoms with Crippen molar-refractivity contribution in [2.24, 2.45) is 0 Å². The Labute approximate surface area is 121 Å². The molecule has 0 aliphatic heterocycles. The molecule has 0 aromatic carbocycles. The van der Waals surface area contributed by atoms with Gasteiger partial charge in [0.05, 0.1) is 10.4 Å². The van der Waals surface area contributed by atoms with Gasteiger partial charge in [-0.05, 0) is 49.4 Å². The maximum absolute atomic E-state index is 4.64. The average molecular weight is 284 g/mol. The van der Waals surface area contributed by atoms with Crippen LogP contribution in [0.2, 0.25) is 0 Å². The highest BCUT2D eigenvalue weighted by Gasteiger charge is 2.16. The minimum absolute atomic E-state index is 0.776. The zero-order valence-corrected chi connectivity index (χ0v) is 12.2. The zero-order valence-electron chi connectivity index (χ0n) is 11.4. The Morgan fingerprint density at radius 1 is 1.20 bits per heavy atom. The van der Waals surface area contributed by atoms with Crippen LogP contribution in [0.25, 0.3) is 21.9 Å². The highest BCUT2D eigenvalue weighted by atomic mass is 32.1. The summed E-state index contributed by atoms with van der Waals surface area (Å²) in [6, 6.07) is 6.29. The van der Waals surface area contributed by atoms with Crippen LogP contribution < -0.4 is 5.32 Å². The van der Waals surface area contributed by atoms with Gasteiger partial charge < -0.3 is 10.3 Å². The predicted molar refractivity (Wildman–Crippen MR) is 83.4 cm³/mol. The molecular formula is C15H16N4S. The second-order valence-corrected chi connectivity index (χ2v) is 6.31. The van der Waals surface area contributed by atoms with Crippen molar-refractivity contribution in [1.29, 1.82) is 0 Å². The number of aromatic nitrogens is 3. The fourth-order valence-electron chi connectivity index (χ4n) is 2.76. The van der Waals surface area contributed by atoms with E-state index in [0.29, 0.717) is 0 Å². The number of thiophene rings is 1. The molecule has 20 heavy (non-hydrogen) atoms. The molecule has 0 radical (unpaired) electrons. The highest BCUT2D eigenvalue weighted by molar-refractivity contribution is 7.15. The molecule has 0 saturated carbocycles. The van der Waals surface area contributed by atoms with Crippen molar-refractivity contribution < 1.29 is 0 Å². The SMILES string of the molecule is CNc1ccc2[nH]c(-c3cc4c(s3)CCCC4)nc2n1. The molecule has 102 valence electrons. The summed E-state index contributed by atoms with van der Waals surface area (Å²) in [6.45, 7) is 0. The van der Waals surface area contributed by atoms with Crippen molar-refractivity contribution in [1.82, 2.24) is 15.0 Å². The molecule has 3 aromatic heterocycles.